The molecule has 1 saturated carbocycles. The maximum absolute atomic E-state index is 13.4. The molecule has 1 atom stereocenters. The molecule has 184 valence electrons. The topological polar surface area (TPSA) is 127 Å². The van der Waals surface area contributed by atoms with E-state index in [0.29, 0.717) is 22.7 Å². The summed E-state index contributed by atoms with van der Waals surface area (Å²) in [5.74, 6) is -0.858. The molecule has 2 fully saturated rings. The van der Waals surface area contributed by atoms with E-state index >= 15 is 0 Å². The molecule has 4 aromatic rings. The molecule has 1 aliphatic carbocycles. The van der Waals surface area contributed by atoms with Crippen LogP contribution in [0.15, 0.2) is 77.2 Å². The molecule has 10 heteroatoms. The van der Waals surface area contributed by atoms with Gasteiger partial charge in [-0.05, 0) is 61.4 Å². The molecule has 0 bridgehead atoms. The SMILES string of the molecule is O=C1CC(N(C(=O)c2ccc([N+](=O)[O-])cc2)C2CC2)C(=O)N1c1ccc(-c2nc3ccccc3o2)cc1. The number of para-hydroxylation sites is 2. The molecule has 3 aromatic carbocycles. The van der Waals surface area contributed by atoms with Gasteiger partial charge in [-0.3, -0.25) is 24.5 Å². The number of rotatable bonds is 6. The molecule has 0 spiro atoms. The van der Waals surface area contributed by atoms with E-state index in [2.05, 4.69) is 4.98 Å². The highest BCUT2D eigenvalue weighted by Gasteiger charge is 2.49. The monoisotopic (exact) mass is 496 g/mol. The van der Waals surface area contributed by atoms with Gasteiger partial charge in [-0.2, -0.15) is 0 Å². The highest BCUT2D eigenvalue weighted by molar-refractivity contribution is 6.23. The van der Waals surface area contributed by atoms with Gasteiger partial charge in [0.15, 0.2) is 5.58 Å². The van der Waals surface area contributed by atoms with Crippen LogP contribution in [-0.4, -0.2) is 44.6 Å². The number of anilines is 1. The lowest BCUT2D eigenvalue weighted by Gasteiger charge is -2.27. The van der Waals surface area contributed by atoms with Crippen LogP contribution in [-0.2, 0) is 9.59 Å². The molecular weight excluding hydrogens is 476 g/mol. The highest BCUT2D eigenvalue weighted by atomic mass is 16.6. The van der Waals surface area contributed by atoms with Gasteiger partial charge in [-0.15, -0.1) is 0 Å². The minimum atomic E-state index is -0.931. The van der Waals surface area contributed by atoms with Crippen molar-refractivity contribution in [3.05, 3.63) is 88.5 Å². The van der Waals surface area contributed by atoms with Crippen LogP contribution in [0.2, 0.25) is 0 Å². The molecule has 10 nitrogen and oxygen atoms in total. The van der Waals surface area contributed by atoms with Crippen molar-refractivity contribution in [3.63, 3.8) is 0 Å². The summed E-state index contributed by atoms with van der Waals surface area (Å²) in [4.78, 5) is 57.2. The van der Waals surface area contributed by atoms with Crippen molar-refractivity contribution in [2.45, 2.75) is 31.3 Å². The van der Waals surface area contributed by atoms with E-state index in [1.54, 1.807) is 24.3 Å². The van der Waals surface area contributed by atoms with Crippen LogP contribution < -0.4 is 4.90 Å². The van der Waals surface area contributed by atoms with Gasteiger partial charge in [0, 0.05) is 29.3 Å². The van der Waals surface area contributed by atoms with Crippen molar-refractivity contribution < 1.29 is 23.7 Å². The van der Waals surface area contributed by atoms with Crippen molar-refractivity contribution in [2.75, 3.05) is 4.90 Å². The first-order valence-electron chi connectivity index (χ1n) is 11.8. The fourth-order valence-corrected chi connectivity index (χ4v) is 4.64. The number of imide groups is 1. The van der Waals surface area contributed by atoms with Gasteiger partial charge in [-0.25, -0.2) is 9.88 Å². The number of nitro benzene ring substituents is 1. The van der Waals surface area contributed by atoms with Crippen molar-refractivity contribution >= 4 is 40.2 Å². The number of hydrogen-bond acceptors (Lipinski definition) is 7. The summed E-state index contributed by atoms with van der Waals surface area (Å²) in [6, 6.07) is 18.4. The van der Waals surface area contributed by atoms with Crippen LogP contribution in [0.5, 0.6) is 0 Å². The number of hydrogen-bond donors (Lipinski definition) is 0. The Bertz CT molecular complexity index is 1520. The molecule has 0 radical (unpaired) electrons. The van der Waals surface area contributed by atoms with Crippen LogP contribution in [0.25, 0.3) is 22.6 Å². The minimum absolute atomic E-state index is 0.124. The van der Waals surface area contributed by atoms with Gasteiger partial charge < -0.3 is 9.32 Å². The molecule has 37 heavy (non-hydrogen) atoms. The maximum atomic E-state index is 13.4. The summed E-state index contributed by atoms with van der Waals surface area (Å²) >= 11 is 0. The first kappa shape index (κ1) is 22.6. The van der Waals surface area contributed by atoms with E-state index in [4.69, 9.17) is 4.42 Å². The number of carbonyl (C=O) groups excluding carboxylic acids is 3. The number of nitro groups is 1. The van der Waals surface area contributed by atoms with E-state index in [9.17, 15) is 24.5 Å². The Morgan fingerprint density at radius 1 is 1.00 bits per heavy atom. The smallest absolute Gasteiger partial charge is 0.269 e. The largest absolute Gasteiger partial charge is 0.436 e. The summed E-state index contributed by atoms with van der Waals surface area (Å²) in [6.07, 6.45) is 1.34. The number of non-ortho nitro benzene ring substituents is 1. The number of amides is 3. The molecule has 1 unspecified atom stereocenters. The first-order chi connectivity index (χ1) is 17.9. The van der Waals surface area contributed by atoms with Gasteiger partial charge in [0.2, 0.25) is 11.8 Å². The Kier molecular flexibility index (Phi) is 5.29. The molecule has 1 aromatic heterocycles. The Labute approximate surface area is 210 Å². The molecule has 0 N–H and O–H groups in total. The summed E-state index contributed by atoms with van der Waals surface area (Å²) in [5, 5.41) is 10.9. The standard InChI is InChI=1S/C27H20N4O6/c32-24-15-22(29(18-13-14-18)26(33)17-7-11-20(12-8-17)31(35)36)27(34)30(24)19-9-5-16(6-10-19)25-28-21-3-1-2-4-23(21)37-25/h1-12,18,22H,13-15H2. The van der Waals surface area contributed by atoms with E-state index in [1.807, 2.05) is 24.3 Å². The van der Waals surface area contributed by atoms with Gasteiger partial charge in [0.1, 0.15) is 11.6 Å². The third-order valence-electron chi connectivity index (χ3n) is 6.62. The third kappa shape index (κ3) is 4.02. The molecule has 6 rings (SSSR count). The van der Waals surface area contributed by atoms with Gasteiger partial charge in [0.05, 0.1) is 17.0 Å². The zero-order valence-electron chi connectivity index (χ0n) is 19.4. The Hall–Kier alpha value is -4.86. The van der Waals surface area contributed by atoms with Crippen LogP contribution in [0, 0.1) is 10.1 Å². The summed E-state index contributed by atoms with van der Waals surface area (Å²) in [7, 11) is 0. The van der Waals surface area contributed by atoms with Crippen LogP contribution in [0.1, 0.15) is 29.6 Å². The predicted octanol–water partition coefficient (Wildman–Crippen LogP) is 4.34. The predicted molar refractivity (Wildman–Crippen MR) is 133 cm³/mol. The van der Waals surface area contributed by atoms with Gasteiger partial charge >= 0.3 is 0 Å². The second-order valence-electron chi connectivity index (χ2n) is 9.07. The van der Waals surface area contributed by atoms with Crippen LogP contribution in [0.4, 0.5) is 11.4 Å². The number of aromatic nitrogens is 1. The molecule has 2 heterocycles. The van der Waals surface area contributed by atoms with E-state index in [-0.39, 0.29) is 23.7 Å². The molecular formula is C27H20N4O6. The van der Waals surface area contributed by atoms with Crippen molar-refractivity contribution in [2.24, 2.45) is 0 Å². The molecule has 3 amide bonds. The quantitative estimate of drug-likeness (QED) is 0.221. The van der Waals surface area contributed by atoms with E-state index in [1.165, 1.54) is 29.2 Å². The Morgan fingerprint density at radius 3 is 2.35 bits per heavy atom. The number of benzene rings is 3. The van der Waals surface area contributed by atoms with Crippen LogP contribution in [0.3, 0.4) is 0 Å². The fraction of sp³-hybridized carbons (Fsp3) is 0.185. The lowest BCUT2D eigenvalue weighted by Crippen LogP contribution is -2.46. The lowest BCUT2D eigenvalue weighted by molar-refractivity contribution is -0.384. The maximum Gasteiger partial charge on any atom is 0.269 e. The number of carbonyl (C=O) groups is 3. The van der Waals surface area contributed by atoms with Crippen molar-refractivity contribution in [3.8, 4) is 11.5 Å². The zero-order valence-corrected chi connectivity index (χ0v) is 19.4. The molecule has 2 aliphatic rings. The van der Waals surface area contributed by atoms with Crippen molar-refractivity contribution in [1.82, 2.24) is 9.88 Å². The fourth-order valence-electron chi connectivity index (χ4n) is 4.64. The number of oxazole rings is 1. The number of nitrogens with zero attached hydrogens (tertiary/aromatic N) is 4. The van der Waals surface area contributed by atoms with Crippen molar-refractivity contribution in [1.29, 1.82) is 0 Å². The first-order valence-corrected chi connectivity index (χ1v) is 11.8. The Balaban J connectivity index is 1.24. The van der Waals surface area contributed by atoms with E-state index < -0.39 is 28.7 Å². The average Bonchev–Trinajstić information content (AvgIpc) is 3.57. The van der Waals surface area contributed by atoms with Gasteiger partial charge in [-0.1, -0.05) is 12.1 Å². The van der Waals surface area contributed by atoms with E-state index in [0.717, 1.165) is 23.3 Å². The minimum Gasteiger partial charge on any atom is -0.436 e. The average molecular weight is 496 g/mol. The highest BCUT2D eigenvalue weighted by Crippen LogP contribution is 2.36. The third-order valence-corrected chi connectivity index (χ3v) is 6.62. The Morgan fingerprint density at radius 2 is 1.70 bits per heavy atom. The van der Waals surface area contributed by atoms with Gasteiger partial charge in [0.25, 0.3) is 17.5 Å². The van der Waals surface area contributed by atoms with Crippen LogP contribution >= 0.6 is 0 Å². The number of fused-ring (bicyclic) bond motifs is 1. The second-order valence-corrected chi connectivity index (χ2v) is 9.07. The summed E-state index contributed by atoms with van der Waals surface area (Å²) < 4.78 is 5.79. The lowest BCUT2D eigenvalue weighted by atomic mass is 10.1. The second kappa shape index (κ2) is 8.66. The summed E-state index contributed by atoms with van der Waals surface area (Å²) in [6.45, 7) is 0. The molecule has 1 aliphatic heterocycles. The summed E-state index contributed by atoms with van der Waals surface area (Å²) in [5.41, 5.74) is 2.59. The molecule has 1 saturated heterocycles. The normalized spacial score (nSPS) is 17.4. The zero-order chi connectivity index (χ0) is 25.7.